The lowest BCUT2D eigenvalue weighted by Gasteiger charge is -2.33. The molecule has 0 radical (unpaired) electrons. The van der Waals surface area contributed by atoms with E-state index < -0.39 is 0 Å². The van der Waals surface area contributed by atoms with Gasteiger partial charge in [0.05, 0.1) is 5.52 Å². The van der Waals surface area contributed by atoms with Gasteiger partial charge in [-0.1, -0.05) is 12.1 Å². The topological polar surface area (TPSA) is 37.3 Å². The molecule has 5 rings (SSSR count). The van der Waals surface area contributed by atoms with Crippen LogP contribution in [0.25, 0.3) is 10.9 Å². The van der Waals surface area contributed by atoms with Crippen LogP contribution in [0.1, 0.15) is 42.7 Å². The highest BCUT2D eigenvalue weighted by Crippen LogP contribution is 2.36. The number of aryl methyl sites for hydroxylation is 1. The average Bonchev–Trinajstić information content (AvgIpc) is 3.22. The number of halogens is 2. The summed E-state index contributed by atoms with van der Waals surface area (Å²) in [6.07, 6.45) is 4.97. The summed E-state index contributed by atoms with van der Waals surface area (Å²) in [5.74, 6) is -0.297. The Morgan fingerprint density at radius 3 is 2.67 bits per heavy atom. The average molecular weight is 452 g/mol. The van der Waals surface area contributed by atoms with Gasteiger partial charge in [-0.25, -0.2) is 8.78 Å². The zero-order valence-corrected chi connectivity index (χ0v) is 18.9. The van der Waals surface area contributed by atoms with E-state index in [9.17, 15) is 13.6 Å². The van der Waals surface area contributed by atoms with Crippen LogP contribution in [-0.4, -0.2) is 41.7 Å². The standard InChI is InChI=1S/C27H31F2N3O/c28-22-5-1-3-19(17-22)4-2-13-30-23-11-15-31(16-12-23)14-10-21-18-32-25(33)9-7-20-6-8-24(29)26(21)27(20)32/h1,3,5-9,17,21,23,30H,2,4,10-16,18H2/t21-/m1/s1. The smallest absolute Gasteiger partial charge is 0.251 e. The van der Waals surface area contributed by atoms with Gasteiger partial charge in [0.25, 0.3) is 5.56 Å². The van der Waals surface area contributed by atoms with Crippen molar-refractivity contribution in [3.63, 3.8) is 0 Å². The van der Waals surface area contributed by atoms with Gasteiger partial charge in [-0.2, -0.15) is 0 Å². The molecule has 2 aliphatic heterocycles. The fourth-order valence-electron chi connectivity index (χ4n) is 5.50. The number of rotatable bonds is 8. The highest BCUT2D eigenvalue weighted by atomic mass is 19.1. The van der Waals surface area contributed by atoms with E-state index in [-0.39, 0.29) is 23.1 Å². The summed E-state index contributed by atoms with van der Waals surface area (Å²) < 4.78 is 29.7. The van der Waals surface area contributed by atoms with Crippen LogP contribution < -0.4 is 10.9 Å². The van der Waals surface area contributed by atoms with Crippen molar-refractivity contribution < 1.29 is 8.78 Å². The second-order valence-corrected chi connectivity index (χ2v) is 9.47. The van der Waals surface area contributed by atoms with Crippen molar-refractivity contribution in [2.75, 3.05) is 26.2 Å². The summed E-state index contributed by atoms with van der Waals surface area (Å²) in [4.78, 5) is 14.8. The lowest BCUT2D eigenvalue weighted by molar-refractivity contribution is 0.191. The maximum Gasteiger partial charge on any atom is 0.251 e. The number of nitrogens with one attached hydrogen (secondary N) is 1. The second-order valence-electron chi connectivity index (χ2n) is 9.47. The second kappa shape index (κ2) is 9.74. The first-order chi connectivity index (χ1) is 16.1. The lowest BCUT2D eigenvalue weighted by atomic mass is 9.95. The number of piperidine rings is 1. The molecule has 0 bridgehead atoms. The molecule has 1 fully saturated rings. The van der Waals surface area contributed by atoms with Crippen molar-refractivity contribution in [2.45, 2.75) is 50.6 Å². The third kappa shape index (κ3) is 4.87. The molecule has 0 unspecified atom stereocenters. The summed E-state index contributed by atoms with van der Waals surface area (Å²) in [5, 5.41) is 4.60. The van der Waals surface area contributed by atoms with Gasteiger partial charge in [0, 0.05) is 30.1 Å². The predicted molar refractivity (Wildman–Crippen MR) is 128 cm³/mol. The fourth-order valence-corrected chi connectivity index (χ4v) is 5.50. The van der Waals surface area contributed by atoms with Gasteiger partial charge in [0.15, 0.2) is 0 Å². The molecular weight excluding hydrogens is 420 g/mol. The van der Waals surface area contributed by atoms with Gasteiger partial charge in [0.2, 0.25) is 0 Å². The van der Waals surface area contributed by atoms with E-state index in [2.05, 4.69) is 10.2 Å². The summed E-state index contributed by atoms with van der Waals surface area (Å²) in [6.45, 7) is 4.52. The largest absolute Gasteiger partial charge is 0.314 e. The molecule has 1 saturated heterocycles. The molecule has 2 aliphatic rings. The molecule has 1 atom stereocenters. The molecule has 6 heteroatoms. The number of benzene rings is 2. The van der Waals surface area contributed by atoms with Crippen LogP contribution in [0.2, 0.25) is 0 Å². The van der Waals surface area contributed by atoms with Crippen molar-refractivity contribution in [3.05, 3.63) is 81.6 Å². The Labute approximate surface area is 193 Å². The van der Waals surface area contributed by atoms with E-state index in [0.29, 0.717) is 12.6 Å². The molecule has 2 aromatic carbocycles. The lowest BCUT2D eigenvalue weighted by Crippen LogP contribution is -2.43. The normalized spacial score (nSPS) is 18.9. The van der Waals surface area contributed by atoms with Gasteiger partial charge in [-0.3, -0.25) is 4.79 Å². The third-order valence-corrected chi connectivity index (χ3v) is 7.29. The zero-order chi connectivity index (χ0) is 22.8. The van der Waals surface area contributed by atoms with Gasteiger partial charge in [-0.15, -0.1) is 0 Å². The number of hydrogen-bond donors (Lipinski definition) is 1. The van der Waals surface area contributed by atoms with Crippen molar-refractivity contribution in [3.8, 4) is 0 Å². The van der Waals surface area contributed by atoms with E-state index in [0.717, 1.165) is 80.3 Å². The third-order valence-electron chi connectivity index (χ3n) is 7.29. The Bertz CT molecular complexity index is 1180. The number of pyridine rings is 1. The number of hydrogen-bond acceptors (Lipinski definition) is 3. The SMILES string of the molecule is O=c1ccc2ccc(F)c3c2n1C[C@H]3CCN1CCC(NCCCc2cccc(F)c2)CC1. The highest BCUT2D eigenvalue weighted by Gasteiger charge is 2.29. The molecule has 1 aromatic heterocycles. The first-order valence-corrected chi connectivity index (χ1v) is 12.1. The first kappa shape index (κ1) is 22.2. The predicted octanol–water partition coefficient (Wildman–Crippen LogP) is 4.45. The molecule has 174 valence electrons. The van der Waals surface area contributed by atoms with Gasteiger partial charge < -0.3 is 14.8 Å². The van der Waals surface area contributed by atoms with Crippen LogP contribution in [0, 0.1) is 11.6 Å². The van der Waals surface area contributed by atoms with Crippen molar-refractivity contribution in [2.24, 2.45) is 0 Å². The maximum atomic E-state index is 14.7. The van der Waals surface area contributed by atoms with Crippen molar-refractivity contribution in [1.29, 1.82) is 0 Å². The van der Waals surface area contributed by atoms with Gasteiger partial charge in [0.1, 0.15) is 11.6 Å². The Morgan fingerprint density at radius 1 is 1.03 bits per heavy atom. The van der Waals surface area contributed by atoms with Gasteiger partial charge >= 0.3 is 0 Å². The number of nitrogens with zero attached hydrogens (tertiary/aromatic N) is 2. The minimum Gasteiger partial charge on any atom is -0.314 e. The van der Waals surface area contributed by atoms with Crippen LogP contribution >= 0.6 is 0 Å². The molecule has 3 heterocycles. The van der Waals surface area contributed by atoms with E-state index >= 15 is 0 Å². The molecule has 4 nitrogen and oxygen atoms in total. The quantitative estimate of drug-likeness (QED) is 0.514. The maximum absolute atomic E-state index is 14.7. The summed E-state index contributed by atoms with van der Waals surface area (Å²) in [6, 6.07) is 14.1. The van der Waals surface area contributed by atoms with Crippen molar-refractivity contribution >= 4 is 10.9 Å². The minimum absolute atomic E-state index is 0.0406. The molecular formula is C27H31F2N3O. The Hall–Kier alpha value is -2.57. The van der Waals surface area contributed by atoms with Crippen LogP contribution in [0.5, 0.6) is 0 Å². The molecule has 0 spiro atoms. The Morgan fingerprint density at radius 2 is 1.85 bits per heavy atom. The summed E-state index contributed by atoms with van der Waals surface area (Å²) >= 11 is 0. The highest BCUT2D eigenvalue weighted by molar-refractivity contribution is 5.84. The first-order valence-electron chi connectivity index (χ1n) is 12.1. The van der Waals surface area contributed by atoms with Crippen LogP contribution in [0.15, 0.2) is 53.3 Å². The molecule has 1 N–H and O–H groups in total. The fraction of sp³-hybridized carbons (Fsp3) is 0.444. The van der Waals surface area contributed by atoms with Gasteiger partial charge in [-0.05, 0) is 99.6 Å². The summed E-state index contributed by atoms with van der Waals surface area (Å²) in [5.41, 5.74) is 2.52. The molecule has 3 aromatic rings. The molecule has 0 aliphatic carbocycles. The number of aromatic nitrogens is 1. The molecule has 0 amide bonds. The monoisotopic (exact) mass is 451 g/mol. The van der Waals surface area contributed by atoms with Crippen LogP contribution in [-0.2, 0) is 13.0 Å². The Balaban J connectivity index is 1.07. The van der Waals surface area contributed by atoms with E-state index in [1.807, 2.05) is 6.07 Å². The minimum atomic E-state index is -0.189. The summed E-state index contributed by atoms with van der Waals surface area (Å²) in [7, 11) is 0. The van der Waals surface area contributed by atoms with E-state index in [4.69, 9.17) is 0 Å². The molecule has 0 saturated carbocycles. The zero-order valence-electron chi connectivity index (χ0n) is 18.9. The number of likely N-dealkylation sites (tertiary alicyclic amines) is 1. The Kier molecular flexibility index (Phi) is 6.56. The van der Waals surface area contributed by atoms with Crippen molar-refractivity contribution in [1.82, 2.24) is 14.8 Å². The van der Waals surface area contributed by atoms with E-state index in [1.165, 1.54) is 12.1 Å². The van der Waals surface area contributed by atoms with E-state index in [1.54, 1.807) is 34.9 Å². The molecule has 33 heavy (non-hydrogen) atoms. The van der Waals surface area contributed by atoms with Crippen LogP contribution in [0.4, 0.5) is 8.78 Å². The van der Waals surface area contributed by atoms with Crippen LogP contribution in [0.3, 0.4) is 0 Å².